The molecule has 0 bridgehead atoms. The minimum atomic E-state index is -0.565. The van der Waals surface area contributed by atoms with Crippen LogP contribution >= 0.6 is 15.9 Å². The summed E-state index contributed by atoms with van der Waals surface area (Å²) >= 11 is 3.45. The number of likely N-dealkylation sites (N-methyl/N-ethyl adjacent to an activating group) is 1. The molecule has 0 aliphatic carbocycles. The minimum absolute atomic E-state index is 0.146. The van der Waals surface area contributed by atoms with Gasteiger partial charge in [-0.05, 0) is 75.3 Å². The second-order valence-electron chi connectivity index (χ2n) is 11.1. The number of pyridine rings is 1. The number of ether oxygens (including phenoxy) is 2. The first-order valence-corrected chi connectivity index (χ1v) is 14.1. The number of aromatic nitrogens is 3. The van der Waals surface area contributed by atoms with E-state index in [1.54, 1.807) is 17.3 Å². The van der Waals surface area contributed by atoms with Crippen molar-refractivity contribution in [3.8, 4) is 17.1 Å². The third kappa shape index (κ3) is 6.09. The Morgan fingerprint density at radius 2 is 1.95 bits per heavy atom. The molecule has 39 heavy (non-hydrogen) atoms. The zero-order chi connectivity index (χ0) is 27.7. The van der Waals surface area contributed by atoms with Crippen LogP contribution < -0.4 is 9.64 Å². The summed E-state index contributed by atoms with van der Waals surface area (Å²) in [6, 6.07) is 6.01. The molecule has 0 saturated carbocycles. The van der Waals surface area contributed by atoms with Gasteiger partial charge in [-0.2, -0.15) is 9.97 Å². The molecular weight excluding hydrogens is 567 g/mol. The van der Waals surface area contributed by atoms with Crippen molar-refractivity contribution < 1.29 is 18.7 Å². The normalized spacial score (nSPS) is 18.6. The molecule has 3 aromatic rings. The van der Waals surface area contributed by atoms with Crippen LogP contribution in [0.4, 0.5) is 15.0 Å². The molecule has 5 rings (SSSR count). The zero-order valence-electron chi connectivity index (χ0n) is 22.8. The van der Waals surface area contributed by atoms with Crippen LogP contribution in [0.3, 0.4) is 0 Å². The van der Waals surface area contributed by atoms with Gasteiger partial charge in [0.05, 0.1) is 4.47 Å². The van der Waals surface area contributed by atoms with Gasteiger partial charge in [0, 0.05) is 61.1 Å². The van der Waals surface area contributed by atoms with E-state index in [9.17, 15) is 4.79 Å². The Balaban J connectivity index is 1.50. The van der Waals surface area contributed by atoms with Gasteiger partial charge in [0.25, 0.3) is 0 Å². The van der Waals surface area contributed by atoms with Gasteiger partial charge in [0.2, 0.25) is 0 Å². The molecule has 1 unspecified atom stereocenters. The summed E-state index contributed by atoms with van der Waals surface area (Å²) in [4.78, 5) is 32.1. The zero-order valence-corrected chi connectivity index (χ0v) is 24.4. The molecule has 9 nitrogen and oxygen atoms in total. The summed E-state index contributed by atoms with van der Waals surface area (Å²) in [6.45, 7) is 8.95. The molecule has 0 N–H and O–H groups in total. The number of likely N-dealkylation sites (tertiary alicyclic amines) is 1. The predicted molar refractivity (Wildman–Crippen MR) is 152 cm³/mol. The van der Waals surface area contributed by atoms with Crippen LogP contribution in [0, 0.1) is 5.82 Å². The maximum atomic E-state index is 15.9. The maximum absolute atomic E-state index is 15.9. The SMILES string of the molecule is CN1CCCC1COc1nc(N2CCN(C(=O)OC(C)(C)C)CC2)c2cc(-c3cccnc3)c(Br)c(F)c2n1. The summed E-state index contributed by atoms with van der Waals surface area (Å²) in [5, 5.41) is 0.575. The molecule has 1 amide bonds. The van der Waals surface area contributed by atoms with Crippen LogP contribution in [0.15, 0.2) is 35.1 Å². The number of hydrogen-bond donors (Lipinski definition) is 0. The minimum Gasteiger partial charge on any atom is -0.462 e. The number of carbonyl (C=O) groups excluding carboxylic acids is 1. The second-order valence-corrected chi connectivity index (χ2v) is 11.9. The first-order valence-electron chi connectivity index (χ1n) is 13.3. The number of rotatable bonds is 5. The Bertz CT molecular complexity index is 1340. The molecule has 2 aliphatic heterocycles. The Labute approximate surface area is 236 Å². The topological polar surface area (TPSA) is 83.9 Å². The molecule has 0 radical (unpaired) electrons. The molecule has 0 spiro atoms. The molecule has 1 atom stereocenters. The van der Waals surface area contributed by atoms with Crippen molar-refractivity contribution in [3.63, 3.8) is 0 Å². The van der Waals surface area contributed by atoms with Gasteiger partial charge >= 0.3 is 12.1 Å². The lowest BCUT2D eigenvalue weighted by Crippen LogP contribution is -2.50. The highest BCUT2D eigenvalue weighted by atomic mass is 79.9. The van der Waals surface area contributed by atoms with Crippen LogP contribution in [0.1, 0.15) is 33.6 Å². The number of amides is 1. The number of anilines is 1. The number of halogens is 2. The van der Waals surface area contributed by atoms with E-state index in [4.69, 9.17) is 14.5 Å². The molecule has 208 valence electrons. The monoisotopic (exact) mass is 600 g/mol. The first-order chi connectivity index (χ1) is 18.6. The van der Waals surface area contributed by atoms with Crippen LogP contribution in [-0.4, -0.2) is 88.9 Å². The average molecular weight is 602 g/mol. The fraction of sp³-hybridized carbons (Fsp3) is 0.500. The van der Waals surface area contributed by atoms with Crippen LogP contribution in [0.5, 0.6) is 6.01 Å². The van der Waals surface area contributed by atoms with Gasteiger partial charge < -0.3 is 24.2 Å². The number of nitrogens with zero attached hydrogens (tertiary/aromatic N) is 6. The standard InChI is InChI=1S/C28H34BrFN6O3/c1-28(2,3)39-27(37)36-13-11-35(12-14-36)25-21-15-20(18-7-5-9-31-16-18)22(29)23(30)24(21)32-26(33-25)38-17-19-8-6-10-34(19)4/h5,7,9,15-16,19H,6,8,10-14,17H2,1-4H3. The molecular formula is C28H34BrFN6O3. The Morgan fingerprint density at radius 1 is 1.18 bits per heavy atom. The van der Waals surface area contributed by atoms with E-state index in [0.29, 0.717) is 54.0 Å². The van der Waals surface area contributed by atoms with Gasteiger partial charge in [-0.1, -0.05) is 6.07 Å². The van der Waals surface area contributed by atoms with Crippen molar-refractivity contribution in [1.82, 2.24) is 24.8 Å². The largest absolute Gasteiger partial charge is 0.462 e. The maximum Gasteiger partial charge on any atom is 0.410 e. The highest BCUT2D eigenvalue weighted by Crippen LogP contribution is 2.38. The van der Waals surface area contributed by atoms with Crippen LogP contribution in [0.25, 0.3) is 22.0 Å². The summed E-state index contributed by atoms with van der Waals surface area (Å²) < 4.78 is 27.8. The lowest BCUT2D eigenvalue weighted by atomic mass is 10.0. The average Bonchev–Trinajstić information content (AvgIpc) is 3.33. The van der Waals surface area contributed by atoms with Gasteiger partial charge in [-0.25, -0.2) is 9.18 Å². The summed E-state index contributed by atoms with van der Waals surface area (Å²) in [6.07, 6.45) is 5.20. The van der Waals surface area contributed by atoms with E-state index in [2.05, 4.69) is 42.7 Å². The van der Waals surface area contributed by atoms with Gasteiger partial charge in [0.15, 0.2) is 5.82 Å². The van der Waals surface area contributed by atoms with Crippen molar-refractivity contribution in [2.45, 2.75) is 45.3 Å². The second kappa shape index (κ2) is 11.2. The lowest BCUT2D eigenvalue weighted by Gasteiger charge is -2.36. The molecule has 2 aliphatic rings. The van der Waals surface area contributed by atoms with Crippen LogP contribution in [-0.2, 0) is 4.74 Å². The van der Waals surface area contributed by atoms with Crippen molar-refractivity contribution >= 4 is 38.7 Å². The third-order valence-electron chi connectivity index (χ3n) is 7.11. The number of piperazine rings is 1. The highest BCUT2D eigenvalue weighted by molar-refractivity contribution is 9.10. The van der Waals surface area contributed by atoms with E-state index in [-0.39, 0.29) is 23.7 Å². The smallest absolute Gasteiger partial charge is 0.410 e. The number of fused-ring (bicyclic) bond motifs is 1. The van der Waals surface area contributed by atoms with Gasteiger partial charge in [0.1, 0.15) is 23.5 Å². The van der Waals surface area contributed by atoms with Crippen molar-refractivity contribution in [1.29, 1.82) is 0 Å². The summed E-state index contributed by atoms with van der Waals surface area (Å²) in [7, 11) is 2.08. The van der Waals surface area contributed by atoms with Crippen molar-refractivity contribution in [2.24, 2.45) is 0 Å². The summed E-state index contributed by atoms with van der Waals surface area (Å²) in [5.41, 5.74) is 1.05. The third-order valence-corrected chi connectivity index (χ3v) is 7.89. The van der Waals surface area contributed by atoms with E-state index in [0.717, 1.165) is 24.9 Å². The Morgan fingerprint density at radius 3 is 2.59 bits per heavy atom. The van der Waals surface area contributed by atoms with E-state index in [1.807, 2.05) is 39.0 Å². The fourth-order valence-electron chi connectivity index (χ4n) is 4.99. The number of hydrogen-bond acceptors (Lipinski definition) is 8. The van der Waals surface area contributed by atoms with Crippen LogP contribution in [0.2, 0.25) is 0 Å². The quantitative estimate of drug-likeness (QED) is 0.399. The molecule has 2 saturated heterocycles. The first kappa shape index (κ1) is 27.5. The van der Waals surface area contributed by atoms with Crippen molar-refractivity contribution in [2.75, 3.05) is 51.3 Å². The van der Waals surface area contributed by atoms with Crippen molar-refractivity contribution in [3.05, 3.63) is 40.9 Å². The van der Waals surface area contributed by atoms with E-state index in [1.165, 1.54) is 0 Å². The van der Waals surface area contributed by atoms with Gasteiger partial charge in [-0.15, -0.1) is 0 Å². The number of carbonyl (C=O) groups is 1. The molecule has 2 fully saturated rings. The Kier molecular flexibility index (Phi) is 7.91. The number of benzene rings is 1. The molecule has 1 aromatic carbocycles. The molecule has 11 heteroatoms. The fourth-order valence-corrected chi connectivity index (χ4v) is 5.52. The van der Waals surface area contributed by atoms with E-state index < -0.39 is 11.4 Å². The predicted octanol–water partition coefficient (Wildman–Crippen LogP) is 5.12. The Hall–Kier alpha value is -3.05. The molecule has 4 heterocycles. The van der Waals surface area contributed by atoms with E-state index >= 15 is 4.39 Å². The molecule has 2 aromatic heterocycles. The van der Waals surface area contributed by atoms with Gasteiger partial charge in [-0.3, -0.25) is 4.98 Å². The lowest BCUT2D eigenvalue weighted by molar-refractivity contribution is 0.0240. The highest BCUT2D eigenvalue weighted by Gasteiger charge is 2.29. The summed E-state index contributed by atoms with van der Waals surface area (Å²) in [5.74, 6) is 0.0976.